The summed E-state index contributed by atoms with van der Waals surface area (Å²) in [6, 6.07) is 0.812. The Morgan fingerprint density at radius 1 is 1.31 bits per heavy atom. The highest BCUT2D eigenvalue weighted by Crippen LogP contribution is 2.14. The van der Waals surface area contributed by atoms with E-state index in [1.165, 1.54) is 38.9 Å². The van der Waals surface area contributed by atoms with Gasteiger partial charge >= 0.3 is 0 Å². The van der Waals surface area contributed by atoms with Gasteiger partial charge in [0.25, 0.3) is 0 Å². The van der Waals surface area contributed by atoms with E-state index < -0.39 is 0 Å². The number of piperidine rings is 1. The van der Waals surface area contributed by atoms with Crippen molar-refractivity contribution in [1.29, 1.82) is 0 Å². The van der Waals surface area contributed by atoms with Gasteiger partial charge in [0.05, 0.1) is 0 Å². The lowest BCUT2D eigenvalue weighted by Gasteiger charge is -2.35. The molecule has 0 radical (unpaired) electrons. The molecular weight excluding hydrogens is 180 g/mol. The van der Waals surface area contributed by atoms with E-state index in [0.29, 0.717) is 0 Å². The quantitative estimate of drug-likeness (QED) is 0.687. The van der Waals surface area contributed by atoms with Crippen LogP contribution in [0.1, 0.15) is 19.3 Å². The summed E-state index contributed by atoms with van der Waals surface area (Å²) in [5.74, 6) is 1.02. The van der Waals surface area contributed by atoms with Crippen molar-refractivity contribution in [3.8, 4) is 0 Å². The number of hydrogen-bond acceptors (Lipinski definition) is 3. The Labute approximate surface area is 87.7 Å². The van der Waals surface area contributed by atoms with E-state index in [-0.39, 0.29) is 0 Å². The standard InChI is InChI=1S/C10H22N2S/c1-11(2)10-4-7-12(8-5-10)6-3-9-13/h10,13H,3-9H2,1-2H3. The summed E-state index contributed by atoms with van der Waals surface area (Å²) in [6.45, 7) is 3.79. The third-order valence-corrected chi connectivity index (χ3v) is 3.24. The predicted molar refractivity (Wildman–Crippen MR) is 61.6 cm³/mol. The molecule has 2 nitrogen and oxygen atoms in total. The molecule has 0 aromatic carbocycles. The van der Waals surface area contributed by atoms with Crippen LogP contribution in [0.2, 0.25) is 0 Å². The first kappa shape index (κ1) is 11.3. The van der Waals surface area contributed by atoms with Gasteiger partial charge in [0, 0.05) is 6.04 Å². The normalized spacial score (nSPS) is 21.2. The second-order valence-electron chi connectivity index (χ2n) is 4.11. The summed E-state index contributed by atoms with van der Waals surface area (Å²) in [5, 5.41) is 0. The highest BCUT2D eigenvalue weighted by atomic mass is 32.1. The van der Waals surface area contributed by atoms with E-state index in [4.69, 9.17) is 0 Å². The Hall–Kier alpha value is 0.270. The van der Waals surface area contributed by atoms with Crippen molar-refractivity contribution in [2.45, 2.75) is 25.3 Å². The number of rotatable bonds is 4. The van der Waals surface area contributed by atoms with Crippen molar-refractivity contribution in [2.75, 3.05) is 39.5 Å². The first-order valence-electron chi connectivity index (χ1n) is 5.23. The van der Waals surface area contributed by atoms with Crippen LogP contribution >= 0.6 is 12.6 Å². The molecule has 1 rings (SSSR count). The van der Waals surface area contributed by atoms with Crippen molar-refractivity contribution in [1.82, 2.24) is 9.80 Å². The van der Waals surface area contributed by atoms with Crippen LogP contribution in [0.15, 0.2) is 0 Å². The van der Waals surface area contributed by atoms with E-state index in [1.807, 2.05) is 0 Å². The molecule has 1 heterocycles. The van der Waals surface area contributed by atoms with Gasteiger partial charge in [0.15, 0.2) is 0 Å². The van der Waals surface area contributed by atoms with Crippen LogP contribution in [0.3, 0.4) is 0 Å². The predicted octanol–water partition coefficient (Wildman–Crippen LogP) is 1.33. The Balaban J connectivity index is 2.15. The lowest BCUT2D eigenvalue weighted by Crippen LogP contribution is -2.42. The van der Waals surface area contributed by atoms with Gasteiger partial charge in [-0.05, 0) is 58.7 Å². The van der Waals surface area contributed by atoms with Gasteiger partial charge in [0.1, 0.15) is 0 Å². The molecule has 0 saturated carbocycles. The van der Waals surface area contributed by atoms with Gasteiger partial charge in [-0.3, -0.25) is 0 Å². The highest BCUT2D eigenvalue weighted by Gasteiger charge is 2.19. The highest BCUT2D eigenvalue weighted by molar-refractivity contribution is 7.80. The first-order valence-corrected chi connectivity index (χ1v) is 5.87. The van der Waals surface area contributed by atoms with Gasteiger partial charge < -0.3 is 9.80 Å². The molecule has 3 heteroatoms. The molecule has 0 aromatic rings. The SMILES string of the molecule is CN(C)C1CCN(CCCS)CC1. The summed E-state index contributed by atoms with van der Waals surface area (Å²) >= 11 is 4.24. The summed E-state index contributed by atoms with van der Waals surface area (Å²) in [6.07, 6.45) is 3.90. The second kappa shape index (κ2) is 5.89. The zero-order valence-electron chi connectivity index (χ0n) is 8.87. The fraction of sp³-hybridized carbons (Fsp3) is 1.00. The molecule has 1 fully saturated rings. The zero-order valence-corrected chi connectivity index (χ0v) is 9.76. The van der Waals surface area contributed by atoms with Crippen LogP contribution in [-0.4, -0.2) is 55.3 Å². The Morgan fingerprint density at radius 2 is 1.92 bits per heavy atom. The molecule has 0 spiro atoms. The third kappa shape index (κ3) is 3.88. The van der Waals surface area contributed by atoms with Crippen molar-refractivity contribution in [2.24, 2.45) is 0 Å². The molecule has 1 saturated heterocycles. The van der Waals surface area contributed by atoms with Crippen molar-refractivity contribution in [3.05, 3.63) is 0 Å². The van der Waals surface area contributed by atoms with E-state index in [0.717, 1.165) is 11.8 Å². The molecule has 1 aliphatic rings. The molecule has 0 amide bonds. The molecule has 0 aromatic heterocycles. The zero-order chi connectivity index (χ0) is 9.68. The topological polar surface area (TPSA) is 6.48 Å². The largest absolute Gasteiger partial charge is 0.306 e. The van der Waals surface area contributed by atoms with Crippen LogP contribution in [0.25, 0.3) is 0 Å². The fourth-order valence-electron chi connectivity index (χ4n) is 1.95. The van der Waals surface area contributed by atoms with E-state index >= 15 is 0 Å². The minimum absolute atomic E-state index is 0.812. The minimum atomic E-state index is 0.812. The van der Waals surface area contributed by atoms with Crippen LogP contribution < -0.4 is 0 Å². The smallest absolute Gasteiger partial charge is 0.0113 e. The molecule has 0 bridgehead atoms. The number of nitrogens with zero attached hydrogens (tertiary/aromatic N) is 2. The molecule has 13 heavy (non-hydrogen) atoms. The van der Waals surface area contributed by atoms with Gasteiger partial charge in [-0.25, -0.2) is 0 Å². The van der Waals surface area contributed by atoms with E-state index in [9.17, 15) is 0 Å². The number of likely N-dealkylation sites (tertiary alicyclic amines) is 1. The van der Waals surface area contributed by atoms with Gasteiger partial charge in [-0.1, -0.05) is 0 Å². The Kier molecular flexibility index (Phi) is 5.14. The summed E-state index contributed by atoms with van der Waals surface area (Å²) < 4.78 is 0. The van der Waals surface area contributed by atoms with Crippen molar-refractivity contribution in [3.63, 3.8) is 0 Å². The lowest BCUT2D eigenvalue weighted by molar-refractivity contribution is 0.145. The Bertz CT molecular complexity index is 131. The van der Waals surface area contributed by atoms with Crippen LogP contribution in [-0.2, 0) is 0 Å². The van der Waals surface area contributed by atoms with Gasteiger partial charge in [-0.15, -0.1) is 0 Å². The monoisotopic (exact) mass is 202 g/mol. The maximum absolute atomic E-state index is 4.24. The molecular formula is C10H22N2S. The third-order valence-electron chi connectivity index (χ3n) is 2.92. The van der Waals surface area contributed by atoms with Crippen LogP contribution in [0.5, 0.6) is 0 Å². The summed E-state index contributed by atoms with van der Waals surface area (Å²) in [5.41, 5.74) is 0. The lowest BCUT2D eigenvalue weighted by atomic mass is 10.0. The molecule has 0 unspecified atom stereocenters. The molecule has 0 atom stereocenters. The van der Waals surface area contributed by atoms with Crippen LogP contribution in [0, 0.1) is 0 Å². The molecule has 0 N–H and O–H groups in total. The molecule has 0 aliphatic carbocycles. The first-order chi connectivity index (χ1) is 6.24. The van der Waals surface area contributed by atoms with Crippen LogP contribution in [0.4, 0.5) is 0 Å². The number of thiol groups is 1. The fourth-order valence-corrected chi connectivity index (χ4v) is 2.10. The summed E-state index contributed by atoms with van der Waals surface area (Å²) in [7, 11) is 4.38. The summed E-state index contributed by atoms with van der Waals surface area (Å²) in [4.78, 5) is 4.92. The minimum Gasteiger partial charge on any atom is -0.306 e. The average molecular weight is 202 g/mol. The van der Waals surface area contributed by atoms with E-state index in [1.54, 1.807) is 0 Å². The van der Waals surface area contributed by atoms with Gasteiger partial charge in [0.2, 0.25) is 0 Å². The second-order valence-corrected chi connectivity index (χ2v) is 4.56. The molecule has 1 aliphatic heterocycles. The molecule has 78 valence electrons. The van der Waals surface area contributed by atoms with E-state index in [2.05, 4.69) is 36.5 Å². The van der Waals surface area contributed by atoms with Crippen molar-refractivity contribution < 1.29 is 0 Å². The Morgan fingerprint density at radius 3 is 2.38 bits per heavy atom. The average Bonchev–Trinajstić information content (AvgIpc) is 2.15. The number of hydrogen-bond donors (Lipinski definition) is 1. The maximum atomic E-state index is 4.24. The maximum Gasteiger partial charge on any atom is 0.0113 e. The van der Waals surface area contributed by atoms with Crippen molar-refractivity contribution >= 4 is 12.6 Å². The van der Waals surface area contributed by atoms with Gasteiger partial charge in [-0.2, -0.15) is 12.6 Å².